The first kappa shape index (κ1) is 20.0. The second-order valence-corrected chi connectivity index (χ2v) is 8.59. The molecule has 2 amide bonds. The van der Waals surface area contributed by atoms with E-state index in [-0.39, 0.29) is 29.8 Å². The van der Waals surface area contributed by atoms with E-state index >= 15 is 0 Å². The lowest BCUT2D eigenvalue weighted by atomic mass is 10.2. The summed E-state index contributed by atoms with van der Waals surface area (Å²) in [4.78, 5) is 26.5. The molecule has 0 saturated carbocycles. The van der Waals surface area contributed by atoms with E-state index in [1.165, 1.54) is 28.4 Å². The van der Waals surface area contributed by atoms with Crippen molar-refractivity contribution in [3.8, 4) is 0 Å². The first-order valence-corrected chi connectivity index (χ1v) is 10.5. The zero-order chi connectivity index (χ0) is 20.1. The summed E-state index contributed by atoms with van der Waals surface area (Å²) in [6.45, 7) is 0.140. The van der Waals surface area contributed by atoms with Crippen molar-refractivity contribution in [3.63, 3.8) is 0 Å². The molecule has 0 aromatic heterocycles. The molecule has 8 heteroatoms. The van der Waals surface area contributed by atoms with Crippen LogP contribution in [0.2, 0.25) is 0 Å². The molecule has 2 aromatic rings. The Hall–Kier alpha value is -2.71. The number of carbonyl (C=O) groups excluding carboxylic acids is 2. The summed E-state index contributed by atoms with van der Waals surface area (Å²) in [6, 6.07) is 16.2. The minimum Gasteiger partial charge on any atom is -0.335 e. The first-order valence-electron chi connectivity index (χ1n) is 9.06. The van der Waals surface area contributed by atoms with Gasteiger partial charge in [0, 0.05) is 19.3 Å². The number of likely N-dealkylation sites (N-methyl/N-ethyl adjacent to an activating group) is 1. The van der Waals surface area contributed by atoms with Crippen LogP contribution in [0.1, 0.15) is 12.8 Å². The summed E-state index contributed by atoms with van der Waals surface area (Å²) < 4.78 is 27.1. The molecule has 1 N–H and O–H groups in total. The van der Waals surface area contributed by atoms with E-state index in [1.54, 1.807) is 42.5 Å². The quantitative estimate of drug-likeness (QED) is 0.801. The van der Waals surface area contributed by atoms with Gasteiger partial charge < -0.3 is 10.2 Å². The van der Waals surface area contributed by atoms with Crippen molar-refractivity contribution in [2.24, 2.45) is 0 Å². The molecule has 3 rings (SSSR count). The molecule has 28 heavy (non-hydrogen) atoms. The van der Waals surface area contributed by atoms with Gasteiger partial charge in [0.2, 0.25) is 21.8 Å². The highest BCUT2D eigenvalue weighted by Crippen LogP contribution is 2.27. The Bertz CT molecular complexity index is 932. The number of rotatable bonds is 6. The van der Waals surface area contributed by atoms with Gasteiger partial charge in [-0.1, -0.05) is 36.4 Å². The largest absolute Gasteiger partial charge is 0.335 e. The van der Waals surface area contributed by atoms with Crippen molar-refractivity contribution in [1.82, 2.24) is 9.21 Å². The Balaban J connectivity index is 1.68. The number of hydrogen-bond donors (Lipinski definition) is 1. The molecule has 0 aliphatic carbocycles. The second-order valence-electron chi connectivity index (χ2n) is 6.70. The lowest BCUT2D eigenvalue weighted by molar-refractivity contribution is -0.136. The van der Waals surface area contributed by atoms with Crippen LogP contribution in [0.4, 0.5) is 5.69 Å². The van der Waals surface area contributed by atoms with Gasteiger partial charge in [0.25, 0.3) is 0 Å². The van der Waals surface area contributed by atoms with Gasteiger partial charge in [-0.05, 0) is 37.1 Å². The third-order valence-corrected chi connectivity index (χ3v) is 6.58. The van der Waals surface area contributed by atoms with Crippen LogP contribution >= 0.6 is 0 Å². The van der Waals surface area contributed by atoms with Crippen LogP contribution in [0.5, 0.6) is 0 Å². The maximum atomic E-state index is 12.9. The van der Waals surface area contributed by atoms with Crippen molar-refractivity contribution in [3.05, 3.63) is 60.7 Å². The summed E-state index contributed by atoms with van der Waals surface area (Å²) in [7, 11) is -2.25. The summed E-state index contributed by atoms with van der Waals surface area (Å²) in [5.41, 5.74) is 0.641. The van der Waals surface area contributed by atoms with Crippen LogP contribution in [0, 0.1) is 0 Å². The Morgan fingerprint density at radius 1 is 1.07 bits per heavy atom. The zero-order valence-corrected chi connectivity index (χ0v) is 16.4. The average Bonchev–Trinajstić information content (AvgIpc) is 3.19. The van der Waals surface area contributed by atoms with Crippen LogP contribution in [0.15, 0.2) is 65.6 Å². The molecular weight excluding hydrogens is 378 g/mol. The normalized spacial score (nSPS) is 17.2. The van der Waals surface area contributed by atoms with Gasteiger partial charge in [0.05, 0.1) is 11.4 Å². The third kappa shape index (κ3) is 4.40. The molecule has 1 fully saturated rings. The monoisotopic (exact) mass is 401 g/mol. The molecule has 1 unspecified atom stereocenters. The highest BCUT2D eigenvalue weighted by molar-refractivity contribution is 7.89. The van der Waals surface area contributed by atoms with E-state index < -0.39 is 16.1 Å². The van der Waals surface area contributed by atoms with Gasteiger partial charge in [-0.25, -0.2) is 8.42 Å². The maximum Gasteiger partial charge on any atom is 0.243 e. The predicted octanol–water partition coefficient (Wildman–Crippen LogP) is 1.94. The minimum atomic E-state index is -3.76. The van der Waals surface area contributed by atoms with Crippen molar-refractivity contribution >= 4 is 27.5 Å². The molecule has 1 aliphatic rings. The van der Waals surface area contributed by atoms with E-state index in [9.17, 15) is 18.0 Å². The maximum absolute atomic E-state index is 12.9. The number of nitrogens with one attached hydrogen (secondary N) is 1. The van der Waals surface area contributed by atoms with Crippen molar-refractivity contribution in [2.75, 3.05) is 25.5 Å². The number of para-hydroxylation sites is 1. The smallest absolute Gasteiger partial charge is 0.243 e. The number of amides is 2. The summed E-state index contributed by atoms with van der Waals surface area (Å²) in [6.07, 6.45) is 1.04. The van der Waals surface area contributed by atoms with Gasteiger partial charge in [-0.2, -0.15) is 4.31 Å². The number of anilines is 1. The van der Waals surface area contributed by atoms with Gasteiger partial charge >= 0.3 is 0 Å². The molecule has 1 heterocycles. The molecule has 1 aliphatic heterocycles. The van der Waals surface area contributed by atoms with Gasteiger partial charge in [0.15, 0.2) is 0 Å². The van der Waals surface area contributed by atoms with Gasteiger partial charge in [-0.3, -0.25) is 9.59 Å². The standard InChI is InChI=1S/C20H23N3O4S/c1-22(15-19(24)21-16-9-4-2-5-10-16)20(25)18-13-8-14-23(18)28(26,27)17-11-6-3-7-12-17/h2-7,9-12,18H,8,13-15H2,1H3,(H,21,24). The van der Waals surface area contributed by atoms with Crippen molar-refractivity contribution < 1.29 is 18.0 Å². The van der Waals surface area contributed by atoms with Crippen LogP contribution in [0.3, 0.4) is 0 Å². The van der Waals surface area contributed by atoms with Gasteiger partial charge in [-0.15, -0.1) is 0 Å². The van der Waals surface area contributed by atoms with E-state index in [2.05, 4.69) is 5.32 Å². The topological polar surface area (TPSA) is 86.8 Å². The number of benzene rings is 2. The molecular formula is C20H23N3O4S. The fraction of sp³-hybridized carbons (Fsp3) is 0.300. The van der Waals surface area contributed by atoms with Crippen LogP contribution in [-0.2, 0) is 19.6 Å². The molecule has 0 radical (unpaired) electrons. The molecule has 148 valence electrons. The Kier molecular flexibility index (Phi) is 6.11. The molecule has 2 aromatic carbocycles. The summed E-state index contributed by atoms with van der Waals surface area (Å²) in [5, 5.41) is 2.72. The summed E-state index contributed by atoms with van der Waals surface area (Å²) in [5.74, 6) is -0.710. The van der Waals surface area contributed by atoms with E-state index in [0.717, 1.165) is 0 Å². The average molecular weight is 401 g/mol. The third-order valence-electron chi connectivity index (χ3n) is 4.65. The van der Waals surface area contributed by atoms with E-state index in [0.29, 0.717) is 18.5 Å². The lowest BCUT2D eigenvalue weighted by Gasteiger charge is -2.27. The Labute approximate surface area is 165 Å². The zero-order valence-electron chi connectivity index (χ0n) is 15.6. The molecule has 7 nitrogen and oxygen atoms in total. The highest BCUT2D eigenvalue weighted by atomic mass is 32.2. The molecule has 0 spiro atoms. The van der Waals surface area contributed by atoms with Crippen LogP contribution in [-0.4, -0.2) is 55.6 Å². The Morgan fingerprint density at radius 2 is 1.68 bits per heavy atom. The van der Waals surface area contributed by atoms with Crippen LogP contribution < -0.4 is 5.32 Å². The first-order chi connectivity index (χ1) is 13.4. The molecule has 1 saturated heterocycles. The predicted molar refractivity (Wildman–Crippen MR) is 106 cm³/mol. The van der Waals surface area contributed by atoms with Crippen molar-refractivity contribution in [2.45, 2.75) is 23.8 Å². The number of carbonyl (C=O) groups is 2. The van der Waals surface area contributed by atoms with Crippen LogP contribution in [0.25, 0.3) is 0 Å². The fourth-order valence-corrected chi connectivity index (χ4v) is 4.94. The number of hydrogen-bond acceptors (Lipinski definition) is 4. The number of nitrogens with zero attached hydrogens (tertiary/aromatic N) is 2. The number of sulfonamides is 1. The fourth-order valence-electron chi connectivity index (χ4n) is 3.27. The highest BCUT2D eigenvalue weighted by Gasteiger charge is 2.40. The van der Waals surface area contributed by atoms with E-state index in [4.69, 9.17) is 0 Å². The van der Waals surface area contributed by atoms with Gasteiger partial charge in [0.1, 0.15) is 6.04 Å². The molecule has 1 atom stereocenters. The second kappa shape index (κ2) is 8.53. The lowest BCUT2D eigenvalue weighted by Crippen LogP contribution is -2.48. The minimum absolute atomic E-state index is 0.149. The Morgan fingerprint density at radius 3 is 2.32 bits per heavy atom. The molecule has 0 bridgehead atoms. The summed E-state index contributed by atoms with van der Waals surface area (Å²) >= 11 is 0. The van der Waals surface area contributed by atoms with E-state index in [1.807, 2.05) is 6.07 Å². The SMILES string of the molecule is CN(CC(=O)Nc1ccccc1)C(=O)C1CCCN1S(=O)(=O)c1ccccc1. The van der Waals surface area contributed by atoms with Crippen molar-refractivity contribution in [1.29, 1.82) is 0 Å².